The van der Waals surface area contributed by atoms with Crippen molar-refractivity contribution >= 4 is 25.7 Å². The molecule has 0 aromatic heterocycles. The fourth-order valence-electron chi connectivity index (χ4n) is 1.89. The summed E-state index contributed by atoms with van der Waals surface area (Å²) in [4.78, 5) is -0.178. The first-order chi connectivity index (χ1) is 8.64. The number of nitrogens with two attached hydrogens (primary N) is 1. The topological polar surface area (TPSA) is 97.5 Å². The summed E-state index contributed by atoms with van der Waals surface area (Å²) in [5.74, 6) is -3.52. The molecule has 0 unspecified atom stereocenters. The number of alkyl halides is 2. The molecule has 1 aliphatic rings. The largest absolute Gasteiger partial charge is 0.355 e. The number of hydrogen-bond donors (Lipinski definition) is 1. The molecule has 1 aromatic carbocycles. The van der Waals surface area contributed by atoms with E-state index < -0.39 is 25.8 Å². The van der Waals surface area contributed by atoms with Crippen LogP contribution in [0.3, 0.4) is 0 Å². The first-order valence-electron chi connectivity index (χ1n) is 5.09. The molecule has 0 amide bonds. The highest BCUT2D eigenvalue weighted by atomic mass is 32.2. The number of primary sulfonamides is 1. The number of anilines is 1. The van der Waals surface area contributed by atoms with Gasteiger partial charge in [0.2, 0.25) is 10.0 Å². The molecular weight excluding hydrogens is 302 g/mol. The molecular formula is C9H10F2N2O4S2. The van der Waals surface area contributed by atoms with E-state index in [1.807, 2.05) is 0 Å². The number of nitrogens with zero attached hydrogens (tertiary/aromatic N) is 1. The summed E-state index contributed by atoms with van der Waals surface area (Å²) >= 11 is 0. The lowest BCUT2D eigenvalue weighted by atomic mass is 10.2. The lowest BCUT2D eigenvalue weighted by molar-refractivity contribution is 0.234. The standard InChI is InChI=1S/C9H10F2N2O4S2/c10-9(11)19(16,17)13-4-3-6-5-7(18(12,14)15)1-2-8(6)13/h1-2,5,9H,3-4H2,(H2,12,14,15). The summed E-state index contributed by atoms with van der Waals surface area (Å²) in [6, 6.07) is 3.46. The van der Waals surface area contributed by atoms with Crippen LogP contribution in [-0.4, -0.2) is 29.1 Å². The van der Waals surface area contributed by atoms with Crippen LogP contribution in [0.1, 0.15) is 5.56 Å². The molecule has 10 heteroatoms. The predicted molar refractivity (Wildman–Crippen MR) is 63.8 cm³/mol. The normalized spacial score (nSPS) is 15.9. The van der Waals surface area contributed by atoms with Crippen molar-refractivity contribution in [1.82, 2.24) is 0 Å². The van der Waals surface area contributed by atoms with Gasteiger partial charge in [-0.15, -0.1) is 0 Å². The number of fused-ring (bicyclic) bond motifs is 1. The summed E-state index contributed by atoms with van der Waals surface area (Å²) in [7, 11) is -8.63. The number of benzene rings is 1. The van der Waals surface area contributed by atoms with Gasteiger partial charge in [-0.05, 0) is 30.2 Å². The molecule has 0 saturated carbocycles. The number of halogens is 2. The third kappa shape index (κ3) is 2.42. The lowest BCUT2D eigenvalue weighted by Crippen LogP contribution is -2.33. The molecule has 1 heterocycles. The molecule has 106 valence electrons. The van der Waals surface area contributed by atoms with E-state index in [-0.39, 0.29) is 23.5 Å². The Morgan fingerprint density at radius 3 is 2.37 bits per heavy atom. The second kappa shape index (κ2) is 4.39. The van der Waals surface area contributed by atoms with Crippen molar-refractivity contribution in [1.29, 1.82) is 0 Å². The van der Waals surface area contributed by atoms with Gasteiger partial charge in [0.15, 0.2) is 0 Å². The minimum Gasteiger partial charge on any atom is -0.265 e. The van der Waals surface area contributed by atoms with E-state index in [0.29, 0.717) is 9.87 Å². The maximum atomic E-state index is 12.5. The number of hydrogen-bond acceptors (Lipinski definition) is 4. The zero-order chi connectivity index (χ0) is 14.4. The molecule has 2 rings (SSSR count). The molecule has 0 fully saturated rings. The second-order valence-electron chi connectivity index (χ2n) is 3.96. The van der Waals surface area contributed by atoms with Gasteiger partial charge >= 0.3 is 5.76 Å². The Morgan fingerprint density at radius 2 is 1.84 bits per heavy atom. The van der Waals surface area contributed by atoms with E-state index in [4.69, 9.17) is 5.14 Å². The van der Waals surface area contributed by atoms with Crippen LogP contribution >= 0.6 is 0 Å². The molecule has 1 aromatic rings. The lowest BCUT2D eigenvalue weighted by Gasteiger charge is -2.18. The molecule has 0 atom stereocenters. The number of rotatable bonds is 3. The predicted octanol–water partition coefficient (Wildman–Crippen LogP) is 0.249. The molecule has 1 aliphatic heterocycles. The van der Waals surface area contributed by atoms with Gasteiger partial charge in [0.05, 0.1) is 10.6 Å². The third-order valence-electron chi connectivity index (χ3n) is 2.76. The minimum atomic E-state index is -4.72. The van der Waals surface area contributed by atoms with Gasteiger partial charge in [0, 0.05) is 6.54 Å². The van der Waals surface area contributed by atoms with Crippen LogP contribution in [0.25, 0.3) is 0 Å². The maximum Gasteiger partial charge on any atom is 0.355 e. The molecule has 0 saturated heterocycles. The van der Waals surface area contributed by atoms with Crippen molar-refractivity contribution < 1.29 is 25.6 Å². The Hall–Kier alpha value is -1.26. The van der Waals surface area contributed by atoms with Crippen molar-refractivity contribution in [2.24, 2.45) is 5.14 Å². The summed E-state index contributed by atoms with van der Waals surface area (Å²) in [5, 5.41) is 4.94. The quantitative estimate of drug-likeness (QED) is 0.865. The van der Waals surface area contributed by atoms with Gasteiger partial charge in [-0.25, -0.2) is 22.0 Å². The van der Waals surface area contributed by atoms with Crippen LogP contribution in [0.15, 0.2) is 23.1 Å². The highest BCUT2D eigenvalue weighted by molar-refractivity contribution is 7.93. The Bertz CT molecular complexity index is 716. The molecule has 0 aliphatic carbocycles. The first-order valence-corrected chi connectivity index (χ1v) is 8.14. The van der Waals surface area contributed by atoms with Crippen LogP contribution in [0.4, 0.5) is 14.5 Å². The maximum absolute atomic E-state index is 12.5. The van der Waals surface area contributed by atoms with Gasteiger partial charge in [-0.3, -0.25) is 4.31 Å². The SMILES string of the molecule is NS(=O)(=O)c1ccc2c(c1)CCN2S(=O)(=O)C(F)F. The Balaban J connectivity index is 2.49. The zero-order valence-corrected chi connectivity index (χ0v) is 11.1. The van der Waals surface area contributed by atoms with Crippen molar-refractivity contribution in [3.63, 3.8) is 0 Å². The van der Waals surface area contributed by atoms with Crippen molar-refractivity contribution in [2.75, 3.05) is 10.8 Å². The van der Waals surface area contributed by atoms with E-state index in [2.05, 4.69) is 0 Å². The first kappa shape index (κ1) is 14.2. The summed E-state index contributed by atoms with van der Waals surface area (Å²) in [5.41, 5.74) is 0.420. The fraction of sp³-hybridized carbons (Fsp3) is 0.333. The summed E-state index contributed by atoms with van der Waals surface area (Å²) < 4.78 is 70.7. The zero-order valence-electron chi connectivity index (χ0n) is 9.45. The summed E-state index contributed by atoms with van der Waals surface area (Å²) in [6.07, 6.45) is 0.157. The molecule has 2 N–H and O–H groups in total. The van der Waals surface area contributed by atoms with Gasteiger partial charge < -0.3 is 0 Å². The van der Waals surface area contributed by atoms with Crippen LogP contribution in [0.2, 0.25) is 0 Å². The van der Waals surface area contributed by atoms with Crippen molar-refractivity contribution in [2.45, 2.75) is 17.1 Å². The van der Waals surface area contributed by atoms with Crippen LogP contribution in [0, 0.1) is 0 Å². The molecule has 0 spiro atoms. The van der Waals surface area contributed by atoms with E-state index in [1.165, 1.54) is 12.1 Å². The molecule has 19 heavy (non-hydrogen) atoms. The summed E-state index contributed by atoms with van der Waals surface area (Å²) in [6.45, 7) is -0.143. The van der Waals surface area contributed by atoms with E-state index in [9.17, 15) is 25.6 Å². The minimum absolute atomic E-state index is 0.0627. The fourth-order valence-corrected chi connectivity index (χ4v) is 3.44. The average molecular weight is 312 g/mol. The van der Waals surface area contributed by atoms with Gasteiger partial charge in [-0.2, -0.15) is 8.78 Å². The van der Waals surface area contributed by atoms with Crippen molar-refractivity contribution in [3.05, 3.63) is 23.8 Å². The van der Waals surface area contributed by atoms with E-state index >= 15 is 0 Å². The Morgan fingerprint density at radius 1 is 1.21 bits per heavy atom. The molecule has 6 nitrogen and oxygen atoms in total. The van der Waals surface area contributed by atoms with Gasteiger partial charge in [-0.1, -0.05) is 0 Å². The monoisotopic (exact) mass is 312 g/mol. The van der Waals surface area contributed by atoms with Gasteiger partial charge in [0.1, 0.15) is 0 Å². The Labute approximate surface area is 108 Å². The Kier molecular flexibility index (Phi) is 3.27. The smallest absolute Gasteiger partial charge is 0.265 e. The molecule has 0 radical (unpaired) electrons. The average Bonchev–Trinajstić information content (AvgIpc) is 2.70. The van der Waals surface area contributed by atoms with Gasteiger partial charge in [0.25, 0.3) is 10.0 Å². The van der Waals surface area contributed by atoms with Crippen LogP contribution < -0.4 is 9.44 Å². The second-order valence-corrected chi connectivity index (χ2v) is 7.35. The van der Waals surface area contributed by atoms with Crippen LogP contribution in [0.5, 0.6) is 0 Å². The third-order valence-corrected chi connectivity index (χ3v) is 5.12. The van der Waals surface area contributed by atoms with E-state index in [1.54, 1.807) is 0 Å². The van der Waals surface area contributed by atoms with E-state index in [0.717, 1.165) is 6.07 Å². The van der Waals surface area contributed by atoms with Crippen LogP contribution in [-0.2, 0) is 26.5 Å². The van der Waals surface area contributed by atoms with Crippen molar-refractivity contribution in [3.8, 4) is 0 Å². The highest BCUT2D eigenvalue weighted by Gasteiger charge is 2.36. The highest BCUT2D eigenvalue weighted by Crippen LogP contribution is 2.33. The number of sulfonamides is 2. The molecule has 0 bridgehead atoms.